The number of nitrogens with zero attached hydrogens (tertiary/aromatic N) is 1. The molecule has 0 aromatic carbocycles. The van der Waals surface area contributed by atoms with Crippen molar-refractivity contribution in [3.8, 4) is 0 Å². The topological polar surface area (TPSA) is 57.0 Å². The van der Waals surface area contributed by atoms with Gasteiger partial charge in [-0.2, -0.15) is 0 Å². The lowest BCUT2D eigenvalue weighted by Gasteiger charge is -2.44. The highest BCUT2D eigenvalue weighted by molar-refractivity contribution is 4.94. The number of rotatable bonds is 3. The average molecular weight is 284 g/mol. The van der Waals surface area contributed by atoms with E-state index in [1.54, 1.807) is 0 Å². The summed E-state index contributed by atoms with van der Waals surface area (Å²) in [7, 11) is 2.16. The molecule has 1 aliphatic carbocycles. The quantitative estimate of drug-likeness (QED) is 0.841. The molecule has 5 heteroatoms. The lowest BCUT2D eigenvalue weighted by atomic mass is 9.85. The third-order valence-corrected chi connectivity index (χ3v) is 5.02. The zero-order chi connectivity index (χ0) is 14.0. The van der Waals surface area contributed by atoms with Crippen LogP contribution in [0.1, 0.15) is 38.5 Å². The molecule has 2 saturated heterocycles. The molecule has 0 aromatic rings. The minimum absolute atomic E-state index is 0.210. The standard InChI is InChI=1S/C15H28N2O3/c1-17(11-12-4-2-3-7-18-12)14-10-15(6-5-13(14)16)19-8-9-20-15/h12-14H,2-11,16H2,1H3. The van der Waals surface area contributed by atoms with Gasteiger partial charge in [0.1, 0.15) is 0 Å². The Bertz CT molecular complexity index is 314. The highest BCUT2D eigenvalue weighted by atomic mass is 16.7. The monoisotopic (exact) mass is 284 g/mol. The summed E-state index contributed by atoms with van der Waals surface area (Å²) in [5, 5.41) is 0. The van der Waals surface area contributed by atoms with E-state index in [4.69, 9.17) is 19.9 Å². The van der Waals surface area contributed by atoms with E-state index in [1.165, 1.54) is 19.3 Å². The van der Waals surface area contributed by atoms with Gasteiger partial charge >= 0.3 is 0 Å². The molecule has 20 heavy (non-hydrogen) atoms. The van der Waals surface area contributed by atoms with Gasteiger partial charge in [0.15, 0.2) is 5.79 Å². The van der Waals surface area contributed by atoms with Gasteiger partial charge in [-0.25, -0.2) is 0 Å². The molecule has 1 spiro atoms. The fraction of sp³-hybridized carbons (Fsp3) is 1.00. The van der Waals surface area contributed by atoms with Crippen LogP contribution in [-0.4, -0.2) is 62.3 Å². The first kappa shape index (κ1) is 14.7. The van der Waals surface area contributed by atoms with E-state index < -0.39 is 0 Å². The van der Waals surface area contributed by atoms with Crippen LogP contribution in [-0.2, 0) is 14.2 Å². The lowest BCUT2D eigenvalue weighted by molar-refractivity contribution is -0.192. The summed E-state index contributed by atoms with van der Waals surface area (Å²) < 4.78 is 17.6. The van der Waals surface area contributed by atoms with Crippen molar-refractivity contribution in [2.45, 2.75) is 62.5 Å². The van der Waals surface area contributed by atoms with Gasteiger partial charge in [-0.3, -0.25) is 4.90 Å². The van der Waals surface area contributed by atoms with E-state index >= 15 is 0 Å². The fourth-order valence-electron chi connectivity index (χ4n) is 3.80. The number of nitrogens with two attached hydrogens (primary N) is 1. The molecule has 0 radical (unpaired) electrons. The van der Waals surface area contributed by atoms with E-state index in [1.807, 2.05) is 0 Å². The molecule has 3 aliphatic rings. The second kappa shape index (κ2) is 6.28. The second-order valence-corrected chi connectivity index (χ2v) is 6.51. The Morgan fingerprint density at radius 2 is 1.95 bits per heavy atom. The predicted molar refractivity (Wildman–Crippen MR) is 76.5 cm³/mol. The third-order valence-electron chi connectivity index (χ3n) is 5.02. The molecule has 2 heterocycles. The smallest absolute Gasteiger partial charge is 0.170 e. The molecule has 1 saturated carbocycles. The lowest BCUT2D eigenvalue weighted by Crippen LogP contribution is -2.56. The first-order valence-corrected chi connectivity index (χ1v) is 8.04. The van der Waals surface area contributed by atoms with Crippen LogP contribution in [0, 0.1) is 0 Å². The maximum atomic E-state index is 6.34. The Balaban J connectivity index is 1.58. The van der Waals surface area contributed by atoms with Gasteiger partial charge in [-0.1, -0.05) is 0 Å². The van der Waals surface area contributed by atoms with E-state index in [-0.39, 0.29) is 11.8 Å². The maximum absolute atomic E-state index is 6.34. The number of hydrogen-bond donors (Lipinski definition) is 1. The van der Waals surface area contributed by atoms with Crippen LogP contribution in [0.3, 0.4) is 0 Å². The maximum Gasteiger partial charge on any atom is 0.170 e. The largest absolute Gasteiger partial charge is 0.377 e. The summed E-state index contributed by atoms with van der Waals surface area (Å²) in [6.45, 7) is 3.31. The Hall–Kier alpha value is -0.200. The second-order valence-electron chi connectivity index (χ2n) is 6.51. The zero-order valence-electron chi connectivity index (χ0n) is 12.6. The summed E-state index contributed by atoms with van der Waals surface area (Å²) in [6.07, 6.45) is 6.81. The van der Waals surface area contributed by atoms with Crippen LogP contribution in [0.25, 0.3) is 0 Å². The summed E-state index contributed by atoms with van der Waals surface area (Å²) >= 11 is 0. The summed E-state index contributed by atoms with van der Waals surface area (Å²) in [4.78, 5) is 2.37. The molecule has 0 aromatic heterocycles. The van der Waals surface area contributed by atoms with Crippen molar-refractivity contribution in [3.05, 3.63) is 0 Å². The van der Waals surface area contributed by atoms with E-state index in [9.17, 15) is 0 Å². The van der Waals surface area contributed by atoms with Gasteiger partial charge in [-0.15, -0.1) is 0 Å². The Morgan fingerprint density at radius 3 is 2.65 bits per heavy atom. The van der Waals surface area contributed by atoms with Crippen LogP contribution in [0.15, 0.2) is 0 Å². The van der Waals surface area contributed by atoms with Gasteiger partial charge < -0.3 is 19.9 Å². The van der Waals surface area contributed by atoms with Crippen molar-refractivity contribution in [1.29, 1.82) is 0 Å². The molecule has 3 unspecified atom stereocenters. The molecule has 2 N–H and O–H groups in total. The first-order valence-electron chi connectivity index (χ1n) is 8.04. The van der Waals surface area contributed by atoms with E-state index in [0.29, 0.717) is 12.1 Å². The average Bonchev–Trinajstić information content (AvgIpc) is 2.91. The van der Waals surface area contributed by atoms with Crippen molar-refractivity contribution in [2.24, 2.45) is 5.73 Å². The molecule has 5 nitrogen and oxygen atoms in total. The molecule has 3 rings (SSSR count). The number of ether oxygens (including phenoxy) is 3. The number of hydrogen-bond acceptors (Lipinski definition) is 5. The normalized spacial score (nSPS) is 37.6. The molecule has 116 valence electrons. The summed E-state index contributed by atoms with van der Waals surface area (Å²) in [6, 6.07) is 0.536. The van der Waals surface area contributed by atoms with Crippen LogP contribution in [0.4, 0.5) is 0 Å². The fourth-order valence-corrected chi connectivity index (χ4v) is 3.80. The highest BCUT2D eigenvalue weighted by Gasteiger charge is 2.45. The molecule has 3 fully saturated rings. The van der Waals surface area contributed by atoms with Gasteiger partial charge in [0, 0.05) is 38.1 Å². The van der Waals surface area contributed by atoms with Crippen molar-refractivity contribution in [3.63, 3.8) is 0 Å². The molecule has 2 aliphatic heterocycles. The highest BCUT2D eigenvalue weighted by Crippen LogP contribution is 2.37. The van der Waals surface area contributed by atoms with E-state index in [0.717, 1.165) is 45.6 Å². The number of likely N-dealkylation sites (N-methyl/N-ethyl adjacent to an activating group) is 1. The molecular weight excluding hydrogens is 256 g/mol. The summed E-state index contributed by atoms with van der Waals surface area (Å²) in [5.41, 5.74) is 6.34. The molecule has 3 atom stereocenters. The summed E-state index contributed by atoms with van der Waals surface area (Å²) in [5.74, 6) is -0.359. The Labute approximate surface area is 121 Å². The third kappa shape index (κ3) is 3.17. The van der Waals surface area contributed by atoms with Crippen molar-refractivity contribution in [1.82, 2.24) is 4.90 Å². The van der Waals surface area contributed by atoms with Gasteiger partial charge in [-0.05, 0) is 32.7 Å². The Morgan fingerprint density at radius 1 is 1.15 bits per heavy atom. The van der Waals surface area contributed by atoms with Crippen molar-refractivity contribution >= 4 is 0 Å². The van der Waals surface area contributed by atoms with Gasteiger partial charge in [0.05, 0.1) is 19.3 Å². The van der Waals surface area contributed by atoms with Crippen LogP contribution < -0.4 is 5.73 Å². The molecular formula is C15H28N2O3. The van der Waals surface area contributed by atoms with Crippen molar-refractivity contribution < 1.29 is 14.2 Å². The van der Waals surface area contributed by atoms with Crippen LogP contribution >= 0.6 is 0 Å². The van der Waals surface area contributed by atoms with Crippen LogP contribution in [0.2, 0.25) is 0 Å². The first-order chi connectivity index (χ1) is 9.69. The zero-order valence-corrected chi connectivity index (χ0v) is 12.6. The minimum atomic E-state index is -0.359. The molecule has 0 amide bonds. The molecule has 0 bridgehead atoms. The van der Waals surface area contributed by atoms with Crippen molar-refractivity contribution in [2.75, 3.05) is 33.4 Å². The van der Waals surface area contributed by atoms with Gasteiger partial charge in [0.2, 0.25) is 0 Å². The van der Waals surface area contributed by atoms with E-state index in [2.05, 4.69) is 11.9 Å². The minimum Gasteiger partial charge on any atom is -0.377 e. The Kier molecular flexibility index (Phi) is 4.62. The van der Waals surface area contributed by atoms with Crippen LogP contribution in [0.5, 0.6) is 0 Å². The SMILES string of the molecule is CN(CC1CCCCO1)C1CC2(CCC1N)OCCO2. The van der Waals surface area contributed by atoms with Gasteiger partial charge in [0.25, 0.3) is 0 Å². The predicted octanol–water partition coefficient (Wildman–Crippen LogP) is 1.11.